The van der Waals surface area contributed by atoms with Gasteiger partial charge in [-0.05, 0) is 55.0 Å². The van der Waals surface area contributed by atoms with Gasteiger partial charge in [-0.1, -0.05) is 11.6 Å². The highest BCUT2D eigenvalue weighted by molar-refractivity contribution is 6.30. The van der Waals surface area contributed by atoms with Crippen LogP contribution in [0.15, 0.2) is 42.5 Å². The lowest BCUT2D eigenvalue weighted by Gasteiger charge is -2.15. The van der Waals surface area contributed by atoms with Crippen LogP contribution >= 0.6 is 11.6 Å². The number of fused-ring (bicyclic) bond motifs is 1. The number of aromatic nitrogens is 1. The predicted octanol–water partition coefficient (Wildman–Crippen LogP) is 1.82. The molecule has 4 atom stereocenters. The Kier molecular flexibility index (Phi) is 6.92. The highest BCUT2D eigenvalue weighted by Crippen LogP contribution is 2.31. The molecule has 1 aromatic heterocycles. The molecule has 180 valence electrons. The van der Waals surface area contributed by atoms with E-state index in [1.54, 1.807) is 49.4 Å². The first-order valence-corrected chi connectivity index (χ1v) is 10.9. The Hall–Kier alpha value is -2.95. The molecule has 0 amide bonds. The summed E-state index contributed by atoms with van der Waals surface area (Å²) in [4.78, 5) is 26.1. The smallest absolute Gasteiger partial charge is 0.312 e. The molecule has 34 heavy (non-hydrogen) atoms. The van der Waals surface area contributed by atoms with Gasteiger partial charge in [0.1, 0.15) is 24.1 Å². The van der Waals surface area contributed by atoms with E-state index < -0.39 is 37.2 Å². The normalized spacial score (nSPS) is 22.2. The molecular formula is C24H24ClNO8. The van der Waals surface area contributed by atoms with Crippen LogP contribution in [0, 0.1) is 6.92 Å². The Morgan fingerprint density at radius 2 is 1.82 bits per heavy atom. The number of carbonyl (C=O) groups is 2. The molecule has 9 nitrogen and oxygen atoms in total. The molecule has 0 saturated carbocycles. The van der Waals surface area contributed by atoms with E-state index in [0.717, 1.165) is 0 Å². The number of methoxy groups -OCH3 is 1. The Bertz CT molecular complexity index is 1220. The standard InChI is InChI=1S/C24H24ClNO8/c1-12-16(10-20(28)34-24-22(30)21(29)19(11-27)33-24)17-9-15(32-2)7-8-18(17)26(12)23(31)13-3-5-14(25)6-4-13/h3-9,19,21-22,24,27,29-30H,10-11H2,1-2H3/t19-,21-,22-,24?/m1/s1. The van der Waals surface area contributed by atoms with Crippen molar-refractivity contribution in [2.45, 2.75) is 37.9 Å². The zero-order valence-electron chi connectivity index (χ0n) is 18.5. The van der Waals surface area contributed by atoms with E-state index >= 15 is 0 Å². The van der Waals surface area contributed by atoms with Gasteiger partial charge in [0.2, 0.25) is 6.29 Å². The molecule has 2 aromatic carbocycles. The Labute approximate surface area is 200 Å². The van der Waals surface area contributed by atoms with Crippen molar-refractivity contribution < 1.29 is 39.1 Å². The van der Waals surface area contributed by atoms with Gasteiger partial charge >= 0.3 is 5.97 Å². The van der Waals surface area contributed by atoms with Crippen LogP contribution in [0.25, 0.3) is 10.9 Å². The Balaban J connectivity index is 1.68. The van der Waals surface area contributed by atoms with E-state index in [1.165, 1.54) is 11.7 Å². The molecule has 0 spiro atoms. The lowest BCUT2D eigenvalue weighted by Crippen LogP contribution is -2.35. The highest BCUT2D eigenvalue weighted by atomic mass is 35.5. The van der Waals surface area contributed by atoms with Gasteiger partial charge < -0.3 is 29.5 Å². The largest absolute Gasteiger partial charge is 0.497 e. The van der Waals surface area contributed by atoms with Crippen LogP contribution in [0.5, 0.6) is 5.75 Å². The van der Waals surface area contributed by atoms with Crippen LogP contribution in [-0.4, -0.2) is 70.1 Å². The molecule has 1 aliphatic heterocycles. The number of aliphatic hydroxyl groups is 3. The molecule has 10 heteroatoms. The Morgan fingerprint density at radius 3 is 2.44 bits per heavy atom. The minimum absolute atomic E-state index is 0.233. The van der Waals surface area contributed by atoms with Gasteiger partial charge in [-0.15, -0.1) is 0 Å². The summed E-state index contributed by atoms with van der Waals surface area (Å²) in [5.74, 6) is -0.493. The topological polar surface area (TPSA) is 127 Å². The average Bonchev–Trinajstić information content (AvgIpc) is 3.26. The summed E-state index contributed by atoms with van der Waals surface area (Å²) in [6.07, 6.45) is -5.58. The van der Waals surface area contributed by atoms with Gasteiger partial charge in [-0.2, -0.15) is 0 Å². The van der Waals surface area contributed by atoms with Gasteiger partial charge in [0, 0.05) is 21.7 Å². The van der Waals surface area contributed by atoms with E-state index in [1.807, 2.05) is 0 Å². The SMILES string of the molecule is COc1ccc2c(c1)c(CC(=O)OC1O[C@H](CO)[C@@H](O)[C@H]1O)c(C)n2C(=O)c1ccc(Cl)cc1. The van der Waals surface area contributed by atoms with Crippen molar-refractivity contribution in [3.05, 3.63) is 64.3 Å². The minimum atomic E-state index is -1.49. The van der Waals surface area contributed by atoms with Gasteiger partial charge in [-0.3, -0.25) is 14.2 Å². The summed E-state index contributed by atoms with van der Waals surface area (Å²) in [5, 5.41) is 30.3. The van der Waals surface area contributed by atoms with Gasteiger partial charge in [0.25, 0.3) is 5.91 Å². The summed E-state index contributed by atoms with van der Waals surface area (Å²) < 4.78 is 17.3. The molecule has 0 aliphatic carbocycles. The van der Waals surface area contributed by atoms with Crippen molar-refractivity contribution in [2.75, 3.05) is 13.7 Å². The van der Waals surface area contributed by atoms with E-state index in [9.17, 15) is 24.9 Å². The van der Waals surface area contributed by atoms with Gasteiger partial charge in [0.15, 0.2) is 0 Å². The molecule has 4 rings (SSSR count). The average molecular weight is 490 g/mol. The molecule has 2 heterocycles. The quantitative estimate of drug-likeness (QED) is 0.447. The number of nitrogens with zero attached hydrogens (tertiary/aromatic N) is 1. The van der Waals surface area contributed by atoms with Gasteiger partial charge in [0.05, 0.1) is 25.7 Å². The lowest BCUT2D eigenvalue weighted by atomic mass is 10.1. The highest BCUT2D eigenvalue weighted by Gasteiger charge is 2.44. The second kappa shape index (κ2) is 9.73. The zero-order chi connectivity index (χ0) is 24.6. The van der Waals surface area contributed by atoms with Gasteiger partial charge in [-0.25, -0.2) is 0 Å². The maximum Gasteiger partial charge on any atom is 0.312 e. The molecule has 3 N–H and O–H groups in total. The number of esters is 1. The number of aliphatic hydroxyl groups excluding tert-OH is 3. The monoisotopic (exact) mass is 489 g/mol. The fourth-order valence-corrected chi connectivity index (χ4v) is 4.20. The number of rotatable bonds is 6. The van der Waals surface area contributed by atoms with Crippen LogP contribution in [0.2, 0.25) is 5.02 Å². The maximum absolute atomic E-state index is 13.3. The molecular weight excluding hydrogens is 466 g/mol. The van der Waals surface area contributed by atoms with Crippen molar-refractivity contribution in [1.29, 1.82) is 0 Å². The zero-order valence-corrected chi connectivity index (χ0v) is 19.2. The third-order valence-corrected chi connectivity index (χ3v) is 6.16. The fourth-order valence-electron chi connectivity index (χ4n) is 4.07. The van der Waals surface area contributed by atoms with E-state index in [4.69, 9.17) is 25.8 Å². The number of carbonyl (C=O) groups excluding carboxylic acids is 2. The van der Waals surface area contributed by atoms with Crippen molar-refractivity contribution in [2.24, 2.45) is 0 Å². The molecule has 1 unspecified atom stereocenters. The second-order valence-corrected chi connectivity index (χ2v) is 8.40. The first-order chi connectivity index (χ1) is 16.2. The minimum Gasteiger partial charge on any atom is -0.497 e. The van der Waals surface area contributed by atoms with E-state index in [2.05, 4.69) is 0 Å². The van der Waals surface area contributed by atoms with Crippen molar-refractivity contribution in [1.82, 2.24) is 4.57 Å². The van der Waals surface area contributed by atoms with Crippen molar-refractivity contribution >= 4 is 34.4 Å². The second-order valence-electron chi connectivity index (χ2n) is 7.97. The van der Waals surface area contributed by atoms with Crippen molar-refractivity contribution in [3.63, 3.8) is 0 Å². The number of hydrogen-bond donors (Lipinski definition) is 3. The van der Waals surface area contributed by atoms with Crippen molar-refractivity contribution in [3.8, 4) is 5.75 Å². The third kappa shape index (κ3) is 4.40. The van der Waals surface area contributed by atoms with Crippen LogP contribution in [0.1, 0.15) is 21.6 Å². The van der Waals surface area contributed by atoms with Crippen LogP contribution in [0.3, 0.4) is 0 Å². The Morgan fingerprint density at radius 1 is 1.12 bits per heavy atom. The number of ether oxygens (including phenoxy) is 3. The van der Waals surface area contributed by atoms with E-state index in [0.29, 0.717) is 38.5 Å². The summed E-state index contributed by atoms with van der Waals surface area (Å²) in [5.41, 5.74) is 2.06. The van der Waals surface area contributed by atoms with E-state index in [-0.39, 0.29) is 12.3 Å². The van der Waals surface area contributed by atoms with Crippen LogP contribution < -0.4 is 4.74 Å². The predicted molar refractivity (Wildman–Crippen MR) is 122 cm³/mol. The summed E-state index contributed by atoms with van der Waals surface area (Å²) in [6.45, 7) is 1.18. The number of hydrogen-bond acceptors (Lipinski definition) is 8. The molecule has 3 aromatic rings. The molecule has 1 aliphatic rings. The molecule has 0 bridgehead atoms. The molecule has 0 radical (unpaired) electrons. The number of benzene rings is 2. The summed E-state index contributed by atoms with van der Waals surface area (Å²) >= 11 is 5.95. The first-order valence-electron chi connectivity index (χ1n) is 10.5. The number of halogens is 1. The summed E-state index contributed by atoms with van der Waals surface area (Å²) in [7, 11) is 1.51. The lowest BCUT2D eigenvalue weighted by molar-refractivity contribution is -0.189. The van der Waals surface area contributed by atoms with Crippen LogP contribution in [-0.2, 0) is 20.7 Å². The van der Waals surface area contributed by atoms with Crippen LogP contribution in [0.4, 0.5) is 0 Å². The fraction of sp³-hybridized carbons (Fsp3) is 0.333. The molecule has 1 saturated heterocycles. The summed E-state index contributed by atoms with van der Waals surface area (Å²) in [6, 6.07) is 11.7. The third-order valence-electron chi connectivity index (χ3n) is 5.90. The maximum atomic E-state index is 13.3. The first kappa shape index (κ1) is 24.2. The molecule has 1 fully saturated rings.